The second-order valence-electron chi connectivity index (χ2n) is 4.60. The first kappa shape index (κ1) is 18.9. The zero-order valence-corrected chi connectivity index (χ0v) is 12.3. The predicted octanol–water partition coefficient (Wildman–Crippen LogP) is 3.08. The molecule has 1 aliphatic rings. The van der Waals surface area contributed by atoms with Gasteiger partial charge in [0.2, 0.25) is 0 Å². The Hall–Kier alpha value is 0.500. The number of halogens is 2. The molecule has 0 spiro atoms. The average molecular weight is 271 g/mol. The van der Waals surface area contributed by atoms with Crippen molar-refractivity contribution in [2.75, 3.05) is 19.6 Å². The smallest absolute Gasteiger partial charge is 0.00390 e. The van der Waals surface area contributed by atoms with E-state index in [1.807, 2.05) is 0 Å². The third-order valence-electron chi connectivity index (χ3n) is 3.64. The number of nitrogens with zero attached hydrogens (tertiary/aromatic N) is 1. The van der Waals surface area contributed by atoms with Crippen molar-refractivity contribution in [3.8, 4) is 0 Å². The maximum absolute atomic E-state index is 5.89. The second-order valence-corrected chi connectivity index (χ2v) is 4.60. The topological polar surface area (TPSA) is 29.3 Å². The maximum Gasteiger partial charge on any atom is 0.00390 e. The van der Waals surface area contributed by atoms with E-state index >= 15 is 0 Å². The molecule has 0 heterocycles. The van der Waals surface area contributed by atoms with Gasteiger partial charge in [0.1, 0.15) is 0 Å². The molecule has 4 heteroatoms. The van der Waals surface area contributed by atoms with Gasteiger partial charge in [0.15, 0.2) is 0 Å². The highest BCUT2D eigenvalue weighted by Crippen LogP contribution is 2.25. The van der Waals surface area contributed by atoms with Gasteiger partial charge in [-0.15, -0.1) is 24.8 Å². The second kappa shape index (κ2) is 10.6. The zero-order valence-electron chi connectivity index (χ0n) is 10.7. The fourth-order valence-electron chi connectivity index (χ4n) is 2.38. The average Bonchev–Trinajstić information content (AvgIpc) is 2.22. The van der Waals surface area contributed by atoms with Crippen LogP contribution in [0.25, 0.3) is 0 Å². The van der Waals surface area contributed by atoms with Crippen LogP contribution in [0.1, 0.15) is 46.0 Å². The summed E-state index contributed by atoms with van der Waals surface area (Å²) in [6.07, 6.45) is 6.62. The van der Waals surface area contributed by atoms with Gasteiger partial charge in [-0.1, -0.05) is 13.8 Å². The minimum absolute atomic E-state index is 0. The van der Waals surface area contributed by atoms with Crippen LogP contribution in [0.15, 0.2) is 0 Å². The first-order valence-corrected chi connectivity index (χ1v) is 6.24. The lowest BCUT2D eigenvalue weighted by atomic mass is 9.84. The van der Waals surface area contributed by atoms with Crippen LogP contribution in [0.4, 0.5) is 0 Å². The van der Waals surface area contributed by atoms with Crippen molar-refractivity contribution in [1.82, 2.24) is 4.90 Å². The fourth-order valence-corrected chi connectivity index (χ4v) is 2.38. The Kier molecular flexibility index (Phi) is 12.5. The van der Waals surface area contributed by atoms with Crippen molar-refractivity contribution in [3.63, 3.8) is 0 Å². The van der Waals surface area contributed by atoms with E-state index in [9.17, 15) is 0 Å². The highest BCUT2D eigenvalue weighted by molar-refractivity contribution is 5.85. The monoisotopic (exact) mass is 270 g/mol. The molecular weight excluding hydrogens is 243 g/mol. The first-order valence-electron chi connectivity index (χ1n) is 6.24. The predicted molar refractivity (Wildman–Crippen MR) is 76.8 cm³/mol. The molecule has 0 aromatic carbocycles. The molecule has 16 heavy (non-hydrogen) atoms. The summed E-state index contributed by atoms with van der Waals surface area (Å²) >= 11 is 0. The van der Waals surface area contributed by atoms with Crippen molar-refractivity contribution in [2.45, 2.75) is 52.0 Å². The number of rotatable bonds is 5. The van der Waals surface area contributed by atoms with Crippen LogP contribution in [-0.4, -0.2) is 30.6 Å². The van der Waals surface area contributed by atoms with Crippen molar-refractivity contribution in [3.05, 3.63) is 0 Å². The molecule has 1 rings (SSSR count). The van der Waals surface area contributed by atoms with Crippen molar-refractivity contribution >= 4 is 24.8 Å². The van der Waals surface area contributed by atoms with E-state index in [-0.39, 0.29) is 24.8 Å². The van der Waals surface area contributed by atoms with Gasteiger partial charge in [-0.2, -0.15) is 0 Å². The van der Waals surface area contributed by atoms with Crippen molar-refractivity contribution in [2.24, 2.45) is 11.7 Å². The molecule has 0 bridgehead atoms. The first-order chi connectivity index (χ1) is 6.76. The van der Waals surface area contributed by atoms with Gasteiger partial charge in [0.25, 0.3) is 0 Å². The molecule has 1 aliphatic carbocycles. The lowest BCUT2D eigenvalue weighted by Crippen LogP contribution is -2.30. The minimum atomic E-state index is 0. The molecule has 0 saturated heterocycles. The molecule has 0 unspecified atom stereocenters. The van der Waals surface area contributed by atoms with Crippen LogP contribution in [0.3, 0.4) is 0 Å². The van der Waals surface area contributed by atoms with E-state index in [1.165, 1.54) is 51.7 Å². The molecule has 0 amide bonds. The van der Waals surface area contributed by atoms with Gasteiger partial charge < -0.3 is 10.6 Å². The molecular formula is C12H28Cl2N2. The van der Waals surface area contributed by atoms with Crippen molar-refractivity contribution in [1.29, 1.82) is 0 Å². The normalized spacial score (nSPS) is 24.8. The molecule has 1 fully saturated rings. The van der Waals surface area contributed by atoms with E-state index in [0.717, 1.165) is 5.92 Å². The van der Waals surface area contributed by atoms with Crippen LogP contribution in [-0.2, 0) is 0 Å². The summed E-state index contributed by atoms with van der Waals surface area (Å²) < 4.78 is 0. The van der Waals surface area contributed by atoms with Gasteiger partial charge in [-0.05, 0) is 57.7 Å². The quantitative estimate of drug-likeness (QED) is 0.832. The zero-order chi connectivity index (χ0) is 10.4. The van der Waals surface area contributed by atoms with Gasteiger partial charge >= 0.3 is 0 Å². The van der Waals surface area contributed by atoms with Crippen molar-refractivity contribution < 1.29 is 0 Å². The third-order valence-corrected chi connectivity index (χ3v) is 3.64. The highest BCUT2D eigenvalue weighted by Gasteiger charge is 2.18. The van der Waals surface area contributed by atoms with Gasteiger partial charge in [-0.25, -0.2) is 0 Å². The summed E-state index contributed by atoms with van der Waals surface area (Å²) in [4.78, 5) is 2.52. The molecule has 2 N–H and O–H groups in total. The molecule has 2 nitrogen and oxygen atoms in total. The Balaban J connectivity index is 0. The van der Waals surface area contributed by atoms with E-state index in [4.69, 9.17) is 5.73 Å². The van der Waals surface area contributed by atoms with Crippen LogP contribution in [0.2, 0.25) is 0 Å². The standard InChI is InChI=1S/C12H26N2.2ClH/c1-3-14(4-2)10-9-11-5-7-12(13)8-6-11;;/h11-12H,3-10,13H2,1-2H3;2*1H. The largest absolute Gasteiger partial charge is 0.328 e. The number of nitrogens with two attached hydrogens (primary N) is 1. The van der Waals surface area contributed by atoms with Gasteiger partial charge in [0, 0.05) is 6.04 Å². The molecule has 0 aliphatic heterocycles. The Bertz CT molecular complexity index is 144. The number of hydrogen-bond donors (Lipinski definition) is 1. The Labute approximate surface area is 113 Å². The van der Waals surface area contributed by atoms with Crippen LogP contribution in [0.5, 0.6) is 0 Å². The van der Waals surface area contributed by atoms with E-state index in [0.29, 0.717) is 6.04 Å². The van der Waals surface area contributed by atoms with E-state index < -0.39 is 0 Å². The summed E-state index contributed by atoms with van der Waals surface area (Å²) in [7, 11) is 0. The third kappa shape index (κ3) is 6.95. The summed E-state index contributed by atoms with van der Waals surface area (Å²) in [6.45, 7) is 8.18. The van der Waals surface area contributed by atoms with Gasteiger partial charge in [0.05, 0.1) is 0 Å². The molecule has 0 atom stereocenters. The Morgan fingerprint density at radius 1 is 1.00 bits per heavy atom. The summed E-state index contributed by atoms with van der Waals surface area (Å²) in [5.41, 5.74) is 5.89. The highest BCUT2D eigenvalue weighted by atomic mass is 35.5. The lowest BCUT2D eigenvalue weighted by molar-refractivity contribution is 0.240. The summed E-state index contributed by atoms with van der Waals surface area (Å²) in [6, 6.07) is 0.500. The fraction of sp³-hybridized carbons (Fsp3) is 1.00. The SMILES string of the molecule is CCN(CC)CCC1CCC(N)CC1.Cl.Cl. The molecule has 0 aromatic heterocycles. The molecule has 1 saturated carbocycles. The van der Waals surface area contributed by atoms with Crippen LogP contribution >= 0.6 is 24.8 Å². The maximum atomic E-state index is 5.89. The summed E-state index contributed by atoms with van der Waals surface area (Å²) in [5.74, 6) is 0.954. The van der Waals surface area contributed by atoms with Crippen LogP contribution in [0, 0.1) is 5.92 Å². The molecule has 0 aromatic rings. The van der Waals surface area contributed by atoms with Crippen LogP contribution < -0.4 is 5.73 Å². The molecule has 100 valence electrons. The van der Waals surface area contributed by atoms with E-state index in [2.05, 4.69) is 18.7 Å². The van der Waals surface area contributed by atoms with Gasteiger partial charge in [-0.3, -0.25) is 0 Å². The Morgan fingerprint density at radius 2 is 1.50 bits per heavy atom. The number of hydrogen-bond acceptors (Lipinski definition) is 2. The minimum Gasteiger partial charge on any atom is -0.328 e. The van der Waals surface area contributed by atoms with E-state index in [1.54, 1.807) is 0 Å². The Morgan fingerprint density at radius 3 is 1.94 bits per heavy atom. The molecule has 0 radical (unpaired) electrons. The summed E-state index contributed by atoms with van der Waals surface area (Å²) in [5, 5.41) is 0. The lowest BCUT2D eigenvalue weighted by Gasteiger charge is -2.28.